The highest BCUT2D eigenvalue weighted by Crippen LogP contribution is 2.26. The average Bonchev–Trinajstić information content (AvgIpc) is 2.49. The standard InChI is InChI=1S/C16H21NO3/c1-3-20-16(18)14-6-4-5-7-15(14)17-12-8-10-13(19-2)11-9-12/h8-11,14H,3-7H2,1-2H3. The van der Waals surface area contributed by atoms with Crippen molar-refractivity contribution in [3.05, 3.63) is 24.3 Å². The summed E-state index contributed by atoms with van der Waals surface area (Å²) in [7, 11) is 1.64. The van der Waals surface area contributed by atoms with Gasteiger partial charge in [-0.1, -0.05) is 6.42 Å². The quantitative estimate of drug-likeness (QED) is 0.790. The van der Waals surface area contributed by atoms with Crippen LogP contribution in [0.15, 0.2) is 29.3 Å². The Morgan fingerprint density at radius 2 is 2.05 bits per heavy atom. The first kappa shape index (κ1) is 14.6. The van der Waals surface area contributed by atoms with Crippen molar-refractivity contribution in [3.8, 4) is 5.75 Å². The molecule has 0 bridgehead atoms. The lowest BCUT2D eigenvalue weighted by Gasteiger charge is -2.22. The Morgan fingerprint density at radius 1 is 1.30 bits per heavy atom. The number of hydrogen-bond acceptors (Lipinski definition) is 4. The predicted octanol–water partition coefficient (Wildman–Crippen LogP) is 3.52. The maximum absolute atomic E-state index is 12.0. The summed E-state index contributed by atoms with van der Waals surface area (Å²) in [5.41, 5.74) is 1.80. The molecule has 1 aromatic rings. The zero-order valence-electron chi connectivity index (χ0n) is 12.1. The molecule has 0 radical (unpaired) electrons. The number of aliphatic imine (C=N–C) groups is 1. The summed E-state index contributed by atoms with van der Waals surface area (Å²) in [6.07, 6.45) is 3.86. The van der Waals surface area contributed by atoms with Gasteiger partial charge in [0, 0.05) is 5.71 Å². The van der Waals surface area contributed by atoms with E-state index in [4.69, 9.17) is 9.47 Å². The van der Waals surface area contributed by atoms with Gasteiger partial charge in [-0.3, -0.25) is 9.79 Å². The number of methoxy groups -OCH3 is 1. The van der Waals surface area contributed by atoms with Gasteiger partial charge < -0.3 is 9.47 Å². The Balaban J connectivity index is 2.17. The third-order valence-electron chi connectivity index (χ3n) is 3.49. The maximum atomic E-state index is 12.0. The molecule has 1 aromatic carbocycles. The van der Waals surface area contributed by atoms with Gasteiger partial charge in [0.25, 0.3) is 0 Å². The fraction of sp³-hybridized carbons (Fsp3) is 0.500. The van der Waals surface area contributed by atoms with Crippen LogP contribution in [0.4, 0.5) is 5.69 Å². The minimum atomic E-state index is -0.175. The molecule has 0 aromatic heterocycles. The highest BCUT2D eigenvalue weighted by molar-refractivity contribution is 6.03. The van der Waals surface area contributed by atoms with Crippen LogP contribution in [-0.2, 0) is 9.53 Å². The van der Waals surface area contributed by atoms with Crippen molar-refractivity contribution in [3.63, 3.8) is 0 Å². The number of ether oxygens (including phenoxy) is 2. The van der Waals surface area contributed by atoms with E-state index in [9.17, 15) is 4.79 Å². The van der Waals surface area contributed by atoms with Crippen molar-refractivity contribution in [2.24, 2.45) is 10.9 Å². The monoisotopic (exact) mass is 275 g/mol. The third-order valence-corrected chi connectivity index (χ3v) is 3.49. The molecule has 1 atom stereocenters. The molecule has 0 spiro atoms. The molecular weight excluding hydrogens is 254 g/mol. The van der Waals surface area contributed by atoms with Crippen LogP contribution >= 0.6 is 0 Å². The number of rotatable bonds is 4. The average molecular weight is 275 g/mol. The lowest BCUT2D eigenvalue weighted by atomic mass is 9.87. The Bertz CT molecular complexity index is 479. The summed E-state index contributed by atoms with van der Waals surface area (Å²) in [6.45, 7) is 2.26. The smallest absolute Gasteiger partial charge is 0.314 e. The second kappa shape index (κ2) is 7.08. The van der Waals surface area contributed by atoms with Crippen molar-refractivity contribution >= 4 is 17.4 Å². The molecule has 1 aliphatic carbocycles. The molecule has 0 saturated heterocycles. The molecule has 0 heterocycles. The van der Waals surface area contributed by atoms with E-state index in [1.807, 2.05) is 31.2 Å². The molecular formula is C16H21NO3. The number of benzene rings is 1. The van der Waals surface area contributed by atoms with Gasteiger partial charge in [-0.15, -0.1) is 0 Å². The molecule has 2 rings (SSSR count). The fourth-order valence-electron chi connectivity index (χ4n) is 2.45. The summed E-state index contributed by atoms with van der Waals surface area (Å²) < 4.78 is 10.3. The van der Waals surface area contributed by atoms with Gasteiger partial charge in [-0.2, -0.15) is 0 Å². The zero-order chi connectivity index (χ0) is 14.4. The van der Waals surface area contributed by atoms with Gasteiger partial charge in [0.1, 0.15) is 5.75 Å². The Hall–Kier alpha value is -1.84. The van der Waals surface area contributed by atoms with Crippen LogP contribution in [0.2, 0.25) is 0 Å². The number of nitrogens with zero attached hydrogens (tertiary/aromatic N) is 1. The van der Waals surface area contributed by atoms with Gasteiger partial charge >= 0.3 is 5.97 Å². The highest BCUT2D eigenvalue weighted by atomic mass is 16.5. The van der Waals surface area contributed by atoms with E-state index < -0.39 is 0 Å². The topological polar surface area (TPSA) is 47.9 Å². The van der Waals surface area contributed by atoms with E-state index in [0.29, 0.717) is 6.61 Å². The first-order valence-corrected chi connectivity index (χ1v) is 7.12. The molecule has 1 aliphatic rings. The molecule has 0 aliphatic heterocycles. The number of esters is 1. The normalized spacial score (nSPS) is 20.7. The first-order valence-electron chi connectivity index (χ1n) is 7.12. The van der Waals surface area contributed by atoms with E-state index in [1.54, 1.807) is 7.11 Å². The van der Waals surface area contributed by atoms with Crippen molar-refractivity contribution in [1.29, 1.82) is 0 Å². The van der Waals surface area contributed by atoms with Crippen molar-refractivity contribution in [2.45, 2.75) is 32.6 Å². The minimum absolute atomic E-state index is 0.139. The number of carbonyl (C=O) groups excluding carboxylic acids is 1. The van der Waals surface area contributed by atoms with E-state index in [-0.39, 0.29) is 11.9 Å². The van der Waals surface area contributed by atoms with Crippen LogP contribution in [0.5, 0.6) is 5.75 Å². The molecule has 4 nitrogen and oxygen atoms in total. The van der Waals surface area contributed by atoms with Gasteiger partial charge in [0.15, 0.2) is 0 Å². The molecule has 1 fully saturated rings. The second-order valence-electron chi connectivity index (χ2n) is 4.85. The van der Waals surface area contributed by atoms with Gasteiger partial charge in [-0.25, -0.2) is 0 Å². The van der Waals surface area contributed by atoms with Crippen LogP contribution in [-0.4, -0.2) is 25.4 Å². The van der Waals surface area contributed by atoms with Gasteiger partial charge in [-0.05, 0) is 50.5 Å². The second-order valence-corrected chi connectivity index (χ2v) is 4.85. The summed E-state index contributed by atoms with van der Waals surface area (Å²) >= 11 is 0. The Morgan fingerprint density at radius 3 is 2.70 bits per heavy atom. The third kappa shape index (κ3) is 3.59. The van der Waals surface area contributed by atoms with Crippen molar-refractivity contribution in [1.82, 2.24) is 0 Å². The van der Waals surface area contributed by atoms with Crippen molar-refractivity contribution in [2.75, 3.05) is 13.7 Å². The van der Waals surface area contributed by atoms with E-state index in [1.165, 1.54) is 0 Å². The van der Waals surface area contributed by atoms with Crippen LogP contribution < -0.4 is 4.74 Å². The summed E-state index contributed by atoms with van der Waals surface area (Å²) in [5.74, 6) is 0.491. The minimum Gasteiger partial charge on any atom is -0.497 e. The number of carbonyl (C=O) groups is 1. The fourth-order valence-corrected chi connectivity index (χ4v) is 2.45. The predicted molar refractivity (Wildman–Crippen MR) is 78.7 cm³/mol. The van der Waals surface area contributed by atoms with E-state index in [0.717, 1.165) is 42.8 Å². The molecule has 20 heavy (non-hydrogen) atoms. The van der Waals surface area contributed by atoms with Crippen LogP contribution in [0, 0.1) is 5.92 Å². The first-order chi connectivity index (χ1) is 9.74. The van der Waals surface area contributed by atoms with E-state index in [2.05, 4.69) is 4.99 Å². The molecule has 0 amide bonds. The highest BCUT2D eigenvalue weighted by Gasteiger charge is 2.28. The SMILES string of the molecule is CCOC(=O)C1CCCCC1=Nc1ccc(OC)cc1. The van der Waals surface area contributed by atoms with Gasteiger partial charge in [0.2, 0.25) is 0 Å². The van der Waals surface area contributed by atoms with Crippen LogP contribution in [0.25, 0.3) is 0 Å². The van der Waals surface area contributed by atoms with Crippen LogP contribution in [0.3, 0.4) is 0 Å². The molecule has 1 saturated carbocycles. The lowest BCUT2D eigenvalue weighted by Crippen LogP contribution is -2.29. The Kier molecular flexibility index (Phi) is 5.16. The van der Waals surface area contributed by atoms with Gasteiger partial charge in [0.05, 0.1) is 25.3 Å². The van der Waals surface area contributed by atoms with Crippen molar-refractivity contribution < 1.29 is 14.3 Å². The van der Waals surface area contributed by atoms with E-state index >= 15 is 0 Å². The lowest BCUT2D eigenvalue weighted by molar-refractivity contribution is -0.145. The largest absolute Gasteiger partial charge is 0.497 e. The molecule has 1 unspecified atom stereocenters. The van der Waals surface area contributed by atoms with Crippen LogP contribution in [0.1, 0.15) is 32.6 Å². The summed E-state index contributed by atoms with van der Waals surface area (Å²) in [4.78, 5) is 16.6. The summed E-state index contributed by atoms with van der Waals surface area (Å²) in [6, 6.07) is 7.56. The summed E-state index contributed by atoms with van der Waals surface area (Å²) in [5, 5.41) is 0. The Labute approximate surface area is 119 Å². The zero-order valence-corrected chi connectivity index (χ0v) is 12.1. The number of hydrogen-bond donors (Lipinski definition) is 0. The molecule has 0 N–H and O–H groups in total. The molecule has 4 heteroatoms. The molecule has 108 valence electrons. The maximum Gasteiger partial charge on any atom is 0.314 e.